The average Bonchev–Trinajstić information content (AvgIpc) is 3.49. The molecule has 0 unspecified atom stereocenters. The van der Waals surface area contributed by atoms with Gasteiger partial charge in [-0.05, 0) is 91.5 Å². The van der Waals surface area contributed by atoms with E-state index in [0.29, 0.717) is 43.7 Å². The van der Waals surface area contributed by atoms with Crippen molar-refractivity contribution >= 4 is 35.5 Å². The van der Waals surface area contributed by atoms with Gasteiger partial charge in [0.05, 0.1) is 28.7 Å². The Bertz CT molecular complexity index is 1620. The lowest BCUT2D eigenvalue weighted by atomic mass is 9.84. The summed E-state index contributed by atoms with van der Waals surface area (Å²) >= 11 is 0. The zero-order valence-corrected chi connectivity index (χ0v) is 33.2. The highest BCUT2D eigenvalue weighted by Crippen LogP contribution is 2.26. The number of carbonyl (C=O) groups is 3. The van der Waals surface area contributed by atoms with E-state index in [4.69, 9.17) is 23.8 Å². The highest BCUT2D eigenvalue weighted by atomic mass is 16.6. The summed E-state index contributed by atoms with van der Waals surface area (Å²) in [5.74, 6) is -1.11. The number of nitro groups is 2. The van der Waals surface area contributed by atoms with E-state index in [1.807, 2.05) is 20.8 Å². The van der Waals surface area contributed by atoms with Crippen LogP contribution in [0.2, 0.25) is 0 Å². The SMILES string of the molecule is CC(C)(C)OC(=O)CC[C@H](NC(=O)N[C@@H](CCCCn1cc(COCCCc2ccc([N+](=O)[O-])cc2[N+](=O)[O-])nn1)C(C)(C)C)C(=O)OC(C)(C)C.O=C=O. The number of carbonyl (C=O) groups excluding carboxylic acids is 5. The van der Waals surface area contributed by atoms with Gasteiger partial charge < -0.3 is 24.8 Å². The molecule has 19 heteroatoms. The van der Waals surface area contributed by atoms with E-state index in [1.54, 1.807) is 52.4 Å². The number of non-ortho nitro benzene ring substituents is 1. The van der Waals surface area contributed by atoms with Gasteiger partial charge >= 0.3 is 24.1 Å². The molecule has 2 rings (SSSR count). The molecule has 2 amide bonds. The van der Waals surface area contributed by atoms with Gasteiger partial charge in [-0.3, -0.25) is 29.7 Å². The fraction of sp³-hybridized carbons (Fsp3) is 0.667. The Hall–Kier alpha value is -5.29. The number of unbranched alkanes of at least 4 members (excludes halogenated alkanes) is 1. The predicted molar refractivity (Wildman–Crippen MR) is 196 cm³/mol. The number of nitro benzene ring substituents is 2. The molecule has 1 aromatic carbocycles. The van der Waals surface area contributed by atoms with Crippen molar-refractivity contribution in [2.75, 3.05) is 6.61 Å². The van der Waals surface area contributed by atoms with E-state index < -0.39 is 45.1 Å². The van der Waals surface area contributed by atoms with Crippen LogP contribution in [0.15, 0.2) is 24.4 Å². The first-order valence-electron chi connectivity index (χ1n) is 17.8. The second-order valence-electron chi connectivity index (χ2n) is 15.8. The van der Waals surface area contributed by atoms with E-state index >= 15 is 0 Å². The summed E-state index contributed by atoms with van der Waals surface area (Å²) in [4.78, 5) is 75.7. The molecule has 0 aliphatic rings. The van der Waals surface area contributed by atoms with Gasteiger partial charge in [0.2, 0.25) is 0 Å². The van der Waals surface area contributed by atoms with Crippen LogP contribution in [0.25, 0.3) is 0 Å². The van der Waals surface area contributed by atoms with Gasteiger partial charge in [0.25, 0.3) is 11.4 Å². The lowest BCUT2D eigenvalue weighted by Gasteiger charge is -2.32. The fourth-order valence-electron chi connectivity index (χ4n) is 5.08. The number of hydrogen-bond donors (Lipinski definition) is 2. The summed E-state index contributed by atoms with van der Waals surface area (Å²) in [6, 6.07) is 1.80. The minimum Gasteiger partial charge on any atom is -0.460 e. The predicted octanol–water partition coefficient (Wildman–Crippen LogP) is 5.38. The number of nitrogens with zero attached hydrogens (tertiary/aromatic N) is 5. The highest BCUT2D eigenvalue weighted by Gasteiger charge is 2.31. The number of amides is 2. The van der Waals surface area contributed by atoms with Crippen molar-refractivity contribution in [1.82, 2.24) is 25.6 Å². The van der Waals surface area contributed by atoms with Gasteiger partial charge in [-0.1, -0.05) is 26.0 Å². The third-order valence-corrected chi connectivity index (χ3v) is 7.58. The molecule has 0 spiro atoms. The first kappa shape index (κ1) is 47.7. The quantitative estimate of drug-likeness (QED) is 0.0786. The maximum atomic E-state index is 13.2. The minimum atomic E-state index is -1.05. The molecule has 0 aliphatic heterocycles. The van der Waals surface area contributed by atoms with E-state index in [1.165, 1.54) is 12.1 Å². The zero-order valence-electron chi connectivity index (χ0n) is 33.2. The summed E-state index contributed by atoms with van der Waals surface area (Å²) in [6.45, 7) is 17.6. The fourth-order valence-corrected chi connectivity index (χ4v) is 5.08. The third-order valence-electron chi connectivity index (χ3n) is 7.58. The van der Waals surface area contributed by atoms with Crippen molar-refractivity contribution in [1.29, 1.82) is 0 Å². The lowest BCUT2D eigenvalue weighted by Crippen LogP contribution is -2.53. The number of ether oxygens (including phenoxy) is 3. The Morgan fingerprint density at radius 2 is 1.53 bits per heavy atom. The maximum absolute atomic E-state index is 13.2. The summed E-state index contributed by atoms with van der Waals surface area (Å²) in [6.07, 6.45) is 4.95. The summed E-state index contributed by atoms with van der Waals surface area (Å²) in [5.41, 5.74) is -1.35. The Labute approximate surface area is 320 Å². The van der Waals surface area contributed by atoms with Crippen LogP contribution in [0.4, 0.5) is 16.2 Å². The van der Waals surface area contributed by atoms with E-state index in [9.17, 15) is 34.6 Å². The van der Waals surface area contributed by atoms with Crippen LogP contribution in [0.1, 0.15) is 112 Å². The lowest BCUT2D eigenvalue weighted by molar-refractivity contribution is -0.394. The number of esters is 2. The average molecular weight is 778 g/mol. The molecule has 0 fully saturated rings. The molecule has 2 atom stereocenters. The Balaban J connectivity index is 0.00000487. The van der Waals surface area contributed by atoms with Crippen molar-refractivity contribution < 1.29 is 48.0 Å². The van der Waals surface area contributed by atoms with Gasteiger partial charge in [0.15, 0.2) is 0 Å². The van der Waals surface area contributed by atoms with Crippen molar-refractivity contribution in [3.63, 3.8) is 0 Å². The number of aryl methyl sites for hydroxylation is 2. The molecule has 2 aromatic rings. The third kappa shape index (κ3) is 20.1. The molecule has 19 nitrogen and oxygen atoms in total. The largest absolute Gasteiger partial charge is 0.460 e. The minimum absolute atomic E-state index is 0.0231. The van der Waals surface area contributed by atoms with E-state index in [0.717, 1.165) is 18.9 Å². The molecule has 0 aliphatic carbocycles. The van der Waals surface area contributed by atoms with Gasteiger partial charge in [0.1, 0.15) is 22.9 Å². The first-order valence-corrected chi connectivity index (χ1v) is 17.8. The number of nitrogens with one attached hydrogen (secondary N) is 2. The molecular formula is C36H55N7O12. The topological polar surface area (TPSA) is 254 Å². The van der Waals surface area contributed by atoms with Crippen molar-refractivity contribution in [3.8, 4) is 0 Å². The van der Waals surface area contributed by atoms with Crippen LogP contribution in [-0.4, -0.2) is 78.9 Å². The second kappa shape index (κ2) is 22.2. The molecule has 0 bridgehead atoms. The summed E-state index contributed by atoms with van der Waals surface area (Å²) in [7, 11) is 0. The monoisotopic (exact) mass is 777 g/mol. The van der Waals surface area contributed by atoms with E-state index in [2.05, 4.69) is 20.9 Å². The maximum Gasteiger partial charge on any atom is 0.373 e. The van der Waals surface area contributed by atoms with Crippen LogP contribution in [0, 0.1) is 25.6 Å². The van der Waals surface area contributed by atoms with Gasteiger partial charge in [-0.2, -0.15) is 9.59 Å². The standard InChI is InChI=1S/C35H55N7O10.CO2/c1-33(2,3)29(37-32(45)36-27(31(44)52-35(7,8)9)17-18-30(43)51-34(4,5)6)14-10-11-19-40-22-25(38-39-40)23-50-20-12-13-24-15-16-26(41(46)47)21-28(24)42(48)49;2-1-3/h15-16,21-22,27,29H,10-14,17-20,23H2,1-9H3,(H2,36,37,45);/t27-,29-;/m0./s1. The van der Waals surface area contributed by atoms with Crippen LogP contribution in [0.5, 0.6) is 0 Å². The van der Waals surface area contributed by atoms with Crippen LogP contribution < -0.4 is 10.6 Å². The number of hydrogen-bond acceptors (Lipinski definition) is 14. The Morgan fingerprint density at radius 3 is 2.09 bits per heavy atom. The van der Waals surface area contributed by atoms with Gasteiger partial charge in [0, 0.05) is 37.2 Å². The molecule has 1 aromatic heterocycles. The van der Waals surface area contributed by atoms with Crippen molar-refractivity contribution in [2.45, 2.75) is 144 Å². The van der Waals surface area contributed by atoms with Crippen LogP contribution in [-0.2, 0) is 53.0 Å². The number of benzene rings is 1. The van der Waals surface area contributed by atoms with Crippen molar-refractivity contribution in [3.05, 3.63) is 55.9 Å². The molecule has 2 N–H and O–H groups in total. The number of urea groups is 1. The molecule has 306 valence electrons. The molecule has 0 saturated heterocycles. The molecule has 0 radical (unpaired) electrons. The van der Waals surface area contributed by atoms with Crippen molar-refractivity contribution in [2.24, 2.45) is 5.41 Å². The highest BCUT2D eigenvalue weighted by molar-refractivity contribution is 5.84. The molecule has 55 heavy (non-hydrogen) atoms. The van der Waals surface area contributed by atoms with Gasteiger partial charge in [-0.15, -0.1) is 5.10 Å². The second-order valence-corrected chi connectivity index (χ2v) is 15.8. The van der Waals surface area contributed by atoms with Gasteiger partial charge in [-0.25, -0.2) is 9.59 Å². The number of aromatic nitrogens is 3. The Kier molecular flexibility index (Phi) is 19.2. The smallest absolute Gasteiger partial charge is 0.373 e. The van der Waals surface area contributed by atoms with Crippen LogP contribution >= 0.6 is 0 Å². The number of rotatable bonds is 19. The Morgan fingerprint density at radius 1 is 0.891 bits per heavy atom. The molecule has 1 heterocycles. The molecular weight excluding hydrogens is 722 g/mol. The van der Waals surface area contributed by atoms with E-state index in [-0.39, 0.29) is 48.4 Å². The zero-order chi connectivity index (χ0) is 42.0. The molecule has 0 saturated carbocycles. The first-order chi connectivity index (χ1) is 25.4. The normalized spacial score (nSPS) is 12.6. The summed E-state index contributed by atoms with van der Waals surface area (Å²) in [5, 5.41) is 36.3. The summed E-state index contributed by atoms with van der Waals surface area (Å²) < 4.78 is 18.2. The van der Waals surface area contributed by atoms with Crippen LogP contribution in [0.3, 0.4) is 0 Å².